The Labute approximate surface area is 101 Å². The molecule has 0 radical (unpaired) electrons. The van der Waals surface area contributed by atoms with Crippen LogP contribution in [0.4, 0.5) is 13.2 Å². The monoisotopic (exact) mass is 254 g/mol. The maximum atomic E-state index is 13.3. The molecular formula is C13H9F3O2. The van der Waals surface area contributed by atoms with Gasteiger partial charge in [0, 0.05) is 12.1 Å². The fraction of sp³-hybridized carbons (Fsp3) is 0.0769. The van der Waals surface area contributed by atoms with Crippen molar-refractivity contribution in [2.75, 3.05) is 0 Å². The van der Waals surface area contributed by atoms with Gasteiger partial charge in [0.25, 0.3) is 0 Å². The van der Waals surface area contributed by atoms with Crippen LogP contribution in [0.15, 0.2) is 36.4 Å². The van der Waals surface area contributed by atoms with Crippen molar-refractivity contribution in [3.05, 3.63) is 59.4 Å². The normalized spacial score (nSPS) is 10.4. The molecule has 2 aromatic rings. The predicted molar refractivity (Wildman–Crippen MR) is 58.8 cm³/mol. The van der Waals surface area contributed by atoms with Crippen LogP contribution < -0.4 is 4.74 Å². The molecule has 0 aliphatic rings. The highest BCUT2D eigenvalue weighted by Crippen LogP contribution is 2.26. The van der Waals surface area contributed by atoms with Crippen molar-refractivity contribution in [2.24, 2.45) is 0 Å². The molecule has 2 rings (SSSR count). The largest absolute Gasteiger partial charge is 0.454 e. The van der Waals surface area contributed by atoms with E-state index in [1.54, 1.807) is 0 Å². The molecule has 18 heavy (non-hydrogen) atoms. The quantitative estimate of drug-likeness (QED) is 0.909. The molecule has 0 spiro atoms. The number of hydrogen-bond acceptors (Lipinski definition) is 2. The van der Waals surface area contributed by atoms with E-state index in [2.05, 4.69) is 0 Å². The van der Waals surface area contributed by atoms with E-state index in [-0.39, 0.29) is 23.7 Å². The van der Waals surface area contributed by atoms with E-state index in [1.807, 2.05) is 0 Å². The van der Waals surface area contributed by atoms with E-state index in [9.17, 15) is 13.2 Å². The highest BCUT2D eigenvalue weighted by atomic mass is 19.1. The zero-order valence-electron chi connectivity index (χ0n) is 9.16. The van der Waals surface area contributed by atoms with Gasteiger partial charge in [-0.15, -0.1) is 0 Å². The Morgan fingerprint density at radius 1 is 0.944 bits per heavy atom. The van der Waals surface area contributed by atoms with Crippen molar-refractivity contribution >= 4 is 0 Å². The standard InChI is InChI=1S/C13H9F3O2/c14-9-1-2-12(16)13(6-9)18-11-4-8(7-17)3-10(15)5-11/h1-6,17H,7H2. The molecule has 0 aromatic heterocycles. The minimum absolute atomic E-state index is 0.0106. The second kappa shape index (κ2) is 5.10. The summed E-state index contributed by atoms with van der Waals surface area (Å²) in [7, 11) is 0. The highest BCUT2D eigenvalue weighted by molar-refractivity contribution is 5.35. The molecule has 0 aliphatic carbocycles. The van der Waals surface area contributed by atoms with E-state index in [0.717, 1.165) is 30.3 Å². The molecule has 2 aromatic carbocycles. The Bertz CT molecular complexity index is 570. The van der Waals surface area contributed by atoms with Crippen molar-refractivity contribution in [1.82, 2.24) is 0 Å². The van der Waals surface area contributed by atoms with Gasteiger partial charge in [-0.2, -0.15) is 0 Å². The number of aliphatic hydroxyl groups excluding tert-OH is 1. The number of rotatable bonds is 3. The average molecular weight is 254 g/mol. The van der Waals surface area contributed by atoms with Crippen LogP contribution in [0.3, 0.4) is 0 Å². The molecule has 0 aliphatic heterocycles. The van der Waals surface area contributed by atoms with Crippen LogP contribution in [-0.2, 0) is 6.61 Å². The molecule has 1 N–H and O–H groups in total. The van der Waals surface area contributed by atoms with Gasteiger partial charge in [-0.25, -0.2) is 13.2 Å². The SMILES string of the molecule is OCc1cc(F)cc(Oc2cc(F)ccc2F)c1. The first-order valence-corrected chi connectivity index (χ1v) is 5.12. The summed E-state index contributed by atoms with van der Waals surface area (Å²) < 4.78 is 44.4. The summed E-state index contributed by atoms with van der Waals surface area (Å²) in [6.07, 6.45) is 0. The molecule has 5 heteroatoms. The molecule has 0 amide bonds. The minimum Gasteiger partial charge on any atom is -0.454 e. The Hall–Kier alpha value is -2.01. The van der Waals surface area contributed by atoms with E-state index < -0.39 is 17.5 Å². The molecule has 0 fully saturated rings. The summed E-state index contributed by atoms with van der Waals surface area (Å²) in [6, 6.07) is 6.20. The third-order valence-corrected chi connectivity index (χ3v) is 2.23. The highest BCUT2D eigenvalue weighted by Gasteiger charge is 2.08. The zero-order chi connectivity index (χ0) is 13.1. The molecule has 0 bridgehead atoms. The van der Waals surface area contributed by atoms with E-state index in [4.69, 9.17) is 9.84 Å². The van der Waals surface area contributed by atoms with Crippen molar-refractivity contribution < 1.29 is 23.0 Å². The van der Waals surface area contributed by atoms with Crippen molar-refractivity contribution in [2.45, 2.75) is 6.61 Å². The average Bonchev–Trinajstić information content (AvgIpc) is 2.33. The van der Waals surface area contributed by atoms with Gasteiger partial charge >= 0.3 is 0 Å². The van der Waals surface area contributed by atoms with Gasteiger partial charge in [0.05, 0.1) is 6.61 Å². The number of hydrogen-bond donors (Lipinski definition) is 1. The fourth-order valence-corrected chi connectivity index (χ4v) is 1.45. The van der Waals surface area contributed by atoms with E-state index in [0.29, 0.717) is 0 Å². The number of halogens is 3. The van der Waals surface area contributed by atoms with Crippen LogP contribution in [0.1, 0.15) is 5.56 Å². The lowest BCUT2D eigenvalue weighted by atomic mass is 10.2. The summed E-state index contributed by atoms with van der Waals surface area (Å²) in [5.74, 6) is -2.40. The molecular weight excluding hydrogens is 245 g/mol. The molecule has 0 saturated carbocycles. The van der Waals surface area contributed by atoms with Crippen LogP contribution in [0.5, 0.6) is 11.5 Å². The van der Waals surface area contributed by atoms with Crippen LogP contribution in [0.2, 0.25) is 0 Å². The molecule has 0 unspecified atom stereocenters. The summed E-state index contributed by atoms with van der Waals surface area (Å²) >= 11 is 0. The van der Waals surface area contributed by atoms with Gasteiger partial charge in [-0.3, -0.25) is 0 Å². The topological polar surface area (TPSA) is 29.5 Å². The Kier molecular flexibility index (Phi) is 3.53. The fourth-order valence-electron chi connectivity index (χ4n) is 1.45. The summed E-state index contributed by atoms with van der Waals surface area (Å²) in [5.41, 5.74) is 0.279. The van der Waals surface area contributed by atoms with Crippen molar-refractivity contribution in [1.29, 1.82) is 0 Å². The zero-order valence-corrected chi connectivity index (χ0v) is 9.16. The van der Waals surface area contributed by atoms with E-state index >= 15 is 0 Å². The van der Waals surface area contributed by atoms with Gasteiger partial charge in [0.1, 0.15) is 17.4 Å². The Morgan fingerprint density at radius 3 is 2.44 bits per heavy atom. The Morgan fingerprint density at radius 2 is 1.72 bits per heavy atom. The first kappa shape index (κ1) is 12.4. The first-order valence-electron chi connectivity index (χ1n) is 5.12. The van der Waals surface area contributed by atoms with Gasteiger partial charge in [-0.1, -0.05) is 0 Å². The van der Waals surface area contributed by atoms with Gasteiger partial charge in [-0.05, 0) is 29.8 Å². The maximum absolute atomic E-state index is 13.3. The van der Waals surface area contributed by atoms with Crippen LogP contribution in [0, 0.1) is 17.5 Å². The maximum Gasteiger partial charge on any atom is 0.165 e. The Balaban J connectivity index is 2.33. The van der Waals surface area contributed by atoms with Crippen LogP contribution in [-0.4, -0.2) is 5.11 Å². The summed E-state index contributed by atoms with van der Waals surface area (Å²) in [6.45, 7) is -0.375. The van der Waals surface area contributed by atoms with Crippen molar-refractivity contribution in [3.8, 4) is 11.5 Å². The van der Waals surface area contributed by atoms with Gasteiger partial charge in [0.15, 0.2) is 11.6 Å². The van der Waals surface area contributed by atoms with E-state index in [1.165, 1.54) is 6.07 Å². The lowest BCUT2D eigenvalue weighted by Gasteiger charge is -2.08. The molecule has 0 atom stereocenters. The van der Waals surface area contributed by atoms with Crippen LogP contribution >= 0.6 is 0 Å². The predicted octanol–water partition coefficient (Wildman–Crippen LogP) is 3.39. The summed E-state index contributed by atoms with van der Waals surface area (Å²) in [4.78, 5) is 0. The first-order chi connectivity index (χ1) is 8.58. The minimum atomic E-state index is -0.758. The number of ether oxygens (including phenoxy) is 1. The molecule has 2 nitrogen and oxygen atoms in total. The van der Waals surface area contributed by atoms with Crippen molar-refractivity contribution in [3.63, 3.8) is 0 Å². The molecule has 0 heterocycles. The summed E-state index contributed by atoms with van der Waals surface area (Å²) in [5, 5.41) is 8.89. The second-order valence-electron chi connectivity index (χ2n) is 3.63. The lowest BCUT2D eigenvalue weighted by molar-refractivity contribution is 0.280. The third-order valence-electron chi connectivity index (χ3n) is 2.23. The van der Waals surface area contributed by atoms with Gasteiger partial charge in [0.2, 0.25) is 0 Å². The molecule has 0 saturated heterocycles. The lowest BCUT2D eigenvalue weighted by Crippen LogP contribution is -1.92. The third kappa shape index (κ3) is 2.81. The number of aliphatic hydroxyl groups is 1. The smallest absolute Gasteiger partial charge is 0.165 e. The number of benzene rings is 2. The van der Waals surface area contributed by atoms with Gasteiger partial charge < -0.3 is 9.84 Å². The second-order valence-corrected chi connectivity index (χ2v) is 3.63. The molecule has 94 valence electrons. The van der Waals surface area contributed by atoms with Crippen LogP contribution in [0.25, 0.3) is 0 Å².